The minimum atomic E-state index is -3.97. The number of amides is 1. The average molecular weight is 517 g/mol. The van der Waals surface area contributed by atoms with Crippen molar-refractivity contribution in [3.8, 4) is 11.3 Å². The van der Waals surface area contributed by atoms with Crippen LogP contribution in [0.4, 0.5) is 10.8 Å². The molecule has 0 radical (unpaired) electrons. The molecule has 162 valence electrons. The Morgan fingerprint density at radius 1 is 1.13 bits per heavy atom. The Hall–Kier alpha value is -2.10. The highest BCUT2D eigenvalue weighted by Crippen LogP contribution is 2.37. The van der Waals surface area contributed by atoms with Crippen molar-refractivity contribution >= 4 is 72.9 Å². The zero-order valence-electron chi connectivity index (χ0n) is 16.0. The van der Waals surface area contributed by atoms with E-state index in [0.29, 0.717) is 11.4 Å². The van der Waals surface area contributed by atoms with Gasteiger partial charge in [0.25, 0.3) is 0 Å². The molecule has 1 unspecified atom stereocenters. The van der Waals surface area contributed by atoms with Crippen LogP contribution in [-0.4, -0.2) is 19.3 Å². The first-order valence-electron chi connectivity index (χ1n) is 8.73. The second-order valence-electron chi connectivity index (χ2n) is 6.39. The Balaban J connectivity index is 1.83. The summed E-state index contributed by atoms with van der Waals surface area (Å²) in [4.78, 5) is 15.5. The molecule has 1 atom stereocenters. The number of halogens is 3. The molecule has 6 nitrogen and oxygen atoms in total. The number of aromatic nitrogens is 1. The fourth-order valence-electron chi connectivity index (χ4n) is 2.74. The summed E-state index contributed by atoms with van der Waals surface area (Å²) in [5.74, 6) is -0.169. The highest BCUT2D eigenvalue weighted by atomic mass is 35.5. The van der Waals surface area contributed by atoms with Crippen molar-refractivity contribution in [2.75, 3.05) is 10.0 Å². The molecule has 2 aromatic carbocycles. The maximum Gasteiger partial charge on any atom is 0.245 e. The molecule has 2 N–H and O–H groups in total. The third-order valence-corrected chi connectivity index (χ3v) is 7.66. The summed E-state index contributed by atoms with van der Waals surface area (Å²) in [6.45, 7) is 5.04. The van der Waals surface area contributed by atoms with E-state index in [0.717, 1.165) is 16.9 Å². The lowest BCUT2D eigenvalue weighted by Gasteiger charge is -2.16. The number of anilines is 2. The van der Waals surface area contributed by atoms with E-state index in [4.69, 9.17) is 34.8 Å². The van der Waals surface area contributed by atoms with E-state index in [9.17, 15) is 13.2 Å². The predicted octanol–water partition coefficient (Wildman–Crippen LogP) is 6.40. The van der Waals surface area contributed by atoms with Crippen LogP contribution in [0.3, 0.4) is 0 Å². The van der Waals surface area contributed by atoms with Crippen LogP contribution in [-0.2, 0) is 14.8 Å². The maximum atomic E-state index is 13.0. The van der Waals surface area contributed by atoms with Gasteiger partial charge in [0.2, 0.25) is 15.9 Å². The van der Waals surface area contributed by atoms with Gasteiger partial charge in [-0.25, -0.2) is 13.4 Å². The number of benzene rings is 2. The predicted molar refractivity (Wildman–Crippen MR) is 129 cm³/mol. The summed E-state index contributed by atoms with van der Waals surface area (Å²) >= 11 is 19.3. The van der Waals surface area contributed by atoms with E-state index in [1.54, 1.807) is 29.6 Å². The molecule has 0 saturated heterocycles. The standard InChI is InChI=1S/C20H16Cl3N3O3S2/c1-3-19(14-8-16(22)17(23)9-15(14)21)31(28,29)26-20-25-18(10-30-20)12-4-6-13(7-5-12)24-11(2)27/h3-10,19H,1H2,2H3,(H,24,27)(H,25,26). The van der Waals surface area contributed by atoms with Crippen molar-refractivity contribution < 1.29 is 13.2 Å². The van der Waals surface area contributed by atoms with Gasteiger partial charge in [0.1, 0.15) is 5.25 Å². The highest BCUT2D eigenvalue weighted by Gasteiger charge is 2.28. The number of hydrogen-bond acceptors (Lipinski definition) is 5. The van der Waals surface area contributed by atoms with Crippen LogP contribution in [0.25, 0.3) is 11.3 Å². The molecule has 0 saturated carbocycles. The first-order chi connectivity index (χ1) is 14.6. The van der Waals surface area contributed by atoms with Gasteiger partial charge < -0.3 is 5.32 Å². The molecule has 0 aliphatic rings. The number of sulfonamides is 1. The fourth-order valence-corrected chi connectivity index (χ4v) is 5.78. The Labute approximate surface area is 198 Å². The van der Waals surface area contributed by atoms with Gasteiger partial charge >= 0.3 is 0 Å². The molecule has 0 bridgehead atoms. The van der Waals surface area contributed by atoms with Crippen molar-refractivity contribution in [1.29, 1.82) is 0 Å². The number of nitrogens with zero attached hydrogens (tertiary/aromatic N) is 1. The van der Waals surface area contributed by atoms with Gasteiger partial charge in [-0.1, -0.05) is 53.0 Å². The van der Waals surface area contributed by atoms with Gasteiger partial charge in [0.15, 0.2) is 5.13 Å². The molecule has 0 aliphatic heterocycles. The number of hydrogen-bond donors (Lipinski definition) is 2. The first kappa shape index (κ1) is 23.6. The highest BCUT2D eigenvalue weighted by molar-refractivity contribution is 7.93. The molecule has 1 amide bonds. The summed E-state index contributed by atoms with van der Waals surface area (Å²) in [6, 6.07) is 9.82. The normalized spacial score (nSPS) is 12.3. The molecule has 11 heteroatoms. The average Bonchev–Trinajstić information content (AvgIpc) is 3.14. The first-order valence-corrected chi connectivity index (χ1v) is 12.3. The SMILES string of the molecule is C=CC(c1cc(Cl)c(Cl)cc1Cl)S(=O)(=O)Nc1nc(-c2ccc(NC(C)=O)cc2)cs1. The van der Waals surface area contributed by atoms with Crippen LogP contribution in [0.1, 0.15) is 17.7 Å². The molecular formula is C20H16Cl3N3O3S2. The van der Waals surface area contributed by atoms with Crippen molar-refractivity contribution in [1.82, 2.24) is 4.98 Å². The molecule has 3 aromatic rings. The van der Waals surface area contributed by atoms with Gasteiger partial charge in [0.05, 0.1) is 15.7 Å². The fraction of sp³-hybridized carbons (Fsp3) is 0.100. The maximum absolute atomic E-state index is 13.0. The molecule has 1 aromatic heterocycles. The summed E-state index contributed by atoms with van der Waals surface area (Å²) in [6.07, 6.45) is 1.25. The molecule has 1 heterocycles. The topological polar surface area (TPSA) is 88.2 Å². The van der Waals surface area contributed by atoms with Crippen molar-refractivity contribution in [2.45, 2.75) is 12.2 Å². The van der Waals surface area contributed by atoms with Crippen LogP contribution in [0.15, 0.2) is 54.4 Å². The van der Waals surface area contributed by atoms with Crippen LogP contribution in [0.2, 0.25) is 15.1 Å². The van der Waals surface area contributed by atoms with Crippen molar-refractivity contribution in [2.24, 2.45) is 0 Å². The van der Waals surface area contributed by atoms with Crippen molar-refractivity contribution in [3.05, 3.63) is 75.1 Å². The van der Waals surface area contributed by atoms with Crippen molar-refractivity contribution in [3.63, 3.8) is 0 Å². The molecule has 3 rings (SSSR count). The molecule has 0 spiro atoms. The summed E-state index contributed by atoms with van der Waals surface area (Å²) in [7, 11) is -3.97. The Bertz CT molecular complexity index is 1240. The van der Waals surface area contributed by atoms with Crippen LogP contribution in [0.5, 0.6) is 0 Å². The van der Waals surface area contributed by atoms with E-state index < -0.39 is 15.3 Å². The van der Waals surface area contributed by atoms with Crippen LogP contribution < -0.4 is 10.0 Å². The molecular weight excluding hydrogens is 501 g/mol. The lowest BCUT2D eigenvalue weighted by atomic mass is 10.1. The number of nitrogens with one attached hydrogen (secondary N) is 2. The Kier molecular flexibility index (Phi) is 7.28. The quantitative estimate of drug-likeness (QED) is 0.281. The Morgan fingerprint density at radius 2 is 1.77 bits per heavy atom. The van der Waals surface area contributed by atoms with E-state index in [-0.39, 0.29) is 31.7 Å². The second-order valence-corrected chi connectivity index (χ2v) is 10.3. The van der Waals surface area contributed by atoms with Gasteiger partial charge in [-0.15, -0.1) is 17.9 Å². The minimum absolute atomic E-state index is 0.156. The van der Waals surface area contributed by atoms with E-state index in [1.165, 1.54) is 25.1 Å². The summed E-state index contributed by atoms with van der Waals surface area (Å²) in [5, 5.41) is 3.98. The molecule has 31 heavy (non-hydrogen) atoms. The number of carbonyl (C=O) groups is 1. The van der Waals surface area contributed by atoms with E-state index in [1.807, 2.05) is 0 Å². The molecule has 0 fully saturated rings. The number of rotatable bonds is 7. The zero-order valence-corrected chi connectivity index (χ0v) is 19.9. The van der Waals surface area contributed by atoms with Crippen LogP contribution >= 0.6 is 46.1 Å². The van der Waals surface area contributed by atoms with E-state index in [2.05, 4.69) is 21.6 Å². The van der Waals surface area contributed by atoms with Gasteiger partial charge in [-0.2, -0.15) is 0 Å². The van der Waals surface area contributed by atoms with Gasteiger partial charge in [-0.05, 0) is 29.8 Å². The smallest absolute Gasteiger partial charge is 0.245 e. The lowest BCUT2D eigenvalue weighted by molar-refractivity contribution is -0.114. The summed E-state index contributed by atoms with van der Waals surface area (Å²) < 4.78 is 28.4. The zero-order chi connectivity index (χ0) is 22.8. The third kappa shape index (κ3) is 5.58. The lowest BCUT2D eigenvalue weighted by Crippen LogP contribution is -2.20. The third-order valence-electron chi connectivity index (χ3n) is 4.13. The van der Waals surface area contributed by atoms with Crippen LogP contribution in [0, 0.1) is 0 Å². The minimum Gasteiger partial charge on any atom is -0.326 e. The summed E-state index contributed by atoms with van der Waals surface area (Å²) in [5.41, 5.74) is 2.26. The monoisotopic (exact) mass is 515 g/mol. The van der Waals surface area contributed by atoms with E-state index >= 15 is 0 Å². The second kappa shape index (κ2) is 9.58. The Morgan fingerprint density at radius 3 is 2.39 bits per heavy atom. The van der Waals surface area contributed by atoms with Gasteiger partial charge in [-0.3, -0.25) is 9.52 Å². The number of carbonyl (C=O) groups excluding carboxylic acids is 1. The molecule has 0 aliphatic carbocycles. The van der Waals surface area contributed by atoms with Gasteiger partial charge in [0, 0.05) is 28.6 Å². The number of thiazole rings is 1. The largest absolute Gasteiger partial charge is 0.326 e.